The van der Waals surface area contributed by atoms with E-state index in [1.165, 1.54) is 0 Å². The zero-order valence-corrected chi connectivity index (χ0v) is 11.4. The first-order chi connectivity index (χ1) is 9.75. The standard InChI is InChI=1S/C17H16N2O/c1-13-7-9-15(10-8-13)17(20)19-16(11-12-18-19)14-5-3-2-4-6-14/h2-10,12,16H,11H2,1H3. The number of amides is 1. The Balaban J connectivity index is 1.87. The summed E-state index contributed by atoms with van der Waals surface area (Å²) >= 11 is 0. The number of hydrazone groups is 1. The SMILES string of the molecule is Cc1ccc(C(=O)N2N=CCC2c2ccccc2)cc1. The molecule has 1 aliphatic rings. The average Bonchev–Trinajstić information content (AvgIpc) is 2.97. The van der Waals surface area contributed by atoms with Crippen molar-refractivity contribution < 1.29 is 4.79 Å². The zero-order valence-electron chi connectivity index (χ0n) is 11.4. The molecule has 100 valence electrons. The first-order valence-electron chi connectivity index (χ1n) is 6.73. The quantitative estimate of drug-likeness (QED) is 0.816. The summed E-state index contributed by atoms with van der Waals surface area (Å²) in [6, 6.07) is 17.6. The average molecular weight is 264 g/mol. The molecule has 1 unspecified atom stereocenters. The minimum Gasteiger partial charge on any atom is -0.267 e. The van der Waals surface area contributed by atoms with Gasteiger partial charge in [0.15, 0.2) is 0 Å². The third-order valence-corrected chi connectivity index (χ3v) is 3.52. The third-order valence-electron chi connectivity index (χ3n) is 3.52. The molecule has 0 N–H and O–H groups in total. The molecule has 3 nitrogen and oxygen atoms in total. The lowest BCUT2D eigenvalue weighted by Crippen LogP contribution is -2.27. The van der Waals surface area contributed by atoms with E-state index in [0.29, 0.717) is 5.56 Å². The maximum Gasteiger partial charge on any atom is 0.274 e. The first-order valence-corrected chi connectivity index (χ1v) is 6.73. The summed E-state index contributed by atoms with van der Waals surface area (Å²) in [5.74, 6) is -0.0485. The number of hydrogen-bond donors (Lipinski definition) is 0. The van der Waals surface area contributed by atoms with Gasteiger partial charge in [-0.25, -0.2) is 5.01 Å². The van der Waals surface area contributed by atoms with E-state index in [0.717, 1.165) is 17.5 Å². The molecule has 0 bridgehead atoms. The van der Waals surface area contributed by atoms with Crippen LogP contribution in [0.2, 0.25) is 0 Å². The van der Waals surface area contributed by atoms with Crippen molar-refractivity contribution in [3.8, 4) is 0 Å². The highest BCUT2D eigenvalue weighted by molar-refractivity contribution is 5.95. The van der Waals surface area contributed by atoms with Gasteiger partial charge in [-0.2, -0.15) is 5.10 Å². The second-order valence-electron chi connectivity index (χ2n) is 4.98. The van der Waals surface area contributed by atoms with E-state index in [4.69, 9.17) is 0 Å². The van der Waals surface area contributed by atoms with Gasteiger partial charge in [-0.15, -0.1) is 0 Å². The van der Waals surface area contributed by atoms with Gasteiger partial charge in [0.05, 0.1) is 6.04 Å². The van der Waals surface area contributed by atoms with Crippen LogP contribution in [-0.2, 0) is 0 Å². The highest BCUT2D eigenvalue weighted by Crippen LogP contribution is 2.29. The second-order valence-corrected chi connectivity index (χ2v) is 4.98. The molecule has 0 saturated carbocycles. The van der Waals surface area contributed by atoms with Gasteiger partial charge < -0.3 is 0 Å². The third kappa shape index (κ3) is 2.35. The normalized spacial score (nSPS) is 17.4. The number of benzene rings is 2. The van der Waals surface area contributed by atoms with E-state index in [1.807, 2.05) is 67.7 Å². The van der Waals surface area contributed by atoms with Gasteiger partial charge >= 0.3 is 0 Å². The summed E-state index contributed by atoms with van der Waals surface area (Å²) in [6.45, 7) is 2.01. The molecule has 0 saturated heterocycles. The number of hydrogen-bond acceptors (Lipinski definition) is 2. The number of carbonyl (C=O) groups excluding carboxylic acids is 1. The Labute approximate surface area is 118 Å². The van der Waals surface area contributed by atoms with E-state index in [9.17, 15) is 4.79 Å². The maximum absolute atomic E-state index is 12.6. The number of nitrogens with zero attached hydrogens (tertiary/aromatic N) is 2. The summed E-state index contributed by atoms with van der Waals surface area (Å²) in [7, 11) is 0. The molecule has 20 heavy (non-hydrogen) atoms. The Hall–Kier alpha value is -2.42. The molecule has 3 heteroatoms. The maximum atomic E-state index is 12.6. The molecule has 1 atom stereocenters. The molecule has 1 amide bonds. The molecule has 1 aliphatic heterocycles. The molecule has 0 fully saturated rings. The van der Waals surface area contributed by atoms with Gasteiger partial charge in [-0.05, 0) is 24.6 Å². The van der Waals surface area contributed by atoms with E-state index in [1.54, 1.807) is 5.01 Å². The van der Waals surface area contributed by atoms with Crippen LogP contribution in [-0.4, -0.2) is 17.1 Å². The van der Waals surface area contributed by atoms with Crippen molar-refractivity contribution in [3.63, 3.8) is 0 Å². The molecule has 0 aliphatic carbocycles. The van der Waals surface area contributed by atoms with Crippen LogP contribution in [0.3, 0.4) is 0 Å². The van der Waals surface area contributed by atoms with Gasteiger partial charge in [-0.1, -0.05) is 48.0 Å². The molecule has 3 rings (SSSR count). The van der Waals surface area contributed by atoms with E-state index in [-0.39, 0.29) is 11.9 Å². The Morgan fingerprint density at radius 3 is 2.50 bits per heavy atom. The highest BCUT2D eigenvalue weighted by Gasteiger charge is 2.28. The van der Waals surface area contributed by atoms with Crippen LogP contribution >= 0.6 is 0 Å². The molecule has 0 radical (unpaired) electrons. The van der Waals surface area contributed by atoms with Crippen LogP contribution in [0.1, 0.15) is 33.9 Å². The van der Waals surface area contributed by atoms with Crippen LogP contribution < -0.4 is 0 Å². The Morgan fingerprint density at radius 2 is 1.80 bits per heavy atom. The predicted molar refractivity (Wildman–Crippen MR) is 79.6 cm³/mol. The fourth-order valence-electron chi connectivity index (χ4n) is 2.39. The number of carbonyl (C=O) groups is 1. The Kier molecular flexibility index (Phi) is 3.33. The Morgan fingerprint density at radius 1 is 1.10 bits per heavy atom. The first kappa shape index (κ1) is 12.6. The van der Waals surface area contributed by atoms with Gasteiger partial charge in [0.1, 0.15) is 0 Å². The summed E-state index contributed by atoms with van der Waals surface area (Å²) in [4.78, 5) is 12.6. The lowest BCUT2D eigenvalue weighted by atomic mass is 10.0. The number of aryl methyl sites for hydroxylation is 1. The van der Waals surface area contributed by atoms with Crippen LogP contribution in [0, 0.1) is 6.92 Å². The topological polar surface area (TPSA) is 32.7 Å². The number of rotatable bonds is 2. The summed E-state index contributed by atoms with van der Waals surface area (Å²) in [6.07, 6.45) is 2.57. The zero-order chi connectivity index (χ0) is 13.9. The fourth-order valence-corrected chi connectivity index (χ4v) is 2.39. The lowest BCUT2D eigenvalue weighted by molar-refractivity contribution is 0.0711. The van der Waals surface area contributed by atoms with Gasteiger partial charge in [-0.3, -0.25) is 4.79 Å². The smallest absolute Gasteiger partial charge is 0.267 e. The monoisotopic (exact) mass is 264 g/mol. The molecular formula is C17H16N2O. The van der Waals surface area contributed by atoms with Gasteiger partial charge in [0, 0.05) is 18.2 Å². The summed E-state index contributed by atoms with van der Waals surface area (Å²) < 4.78 is 0. The molecule has 2 aromatic rings. The van der Waals surface area contributed by atoms with Crippen molar-refractivity contribution in [1.82, 2.24) is 5.01 Å². The summed E-state index contributed by atoms with van der Waals surface area (Å²) in [5.41, 5.74) is 2.94. The van der Waals surface area contributed by atoms with E-state index in [2.05, 4.69) is 5.10 Å². The predicted octanol–water partition coefficient (Wildman–Crippen LogP) is 3.57. The van der Waals surface area contributed by atoms with E-state index < -0.39 is 0 Å². The molecule has 1 heterocycles. The molecular weight excluding hydrogens is 248 g/mol. The largest absolute Gasteiger partial charge is 0.274 e. The van der Waals surface area contributed by atoms with Crippen molar-refractivity contribution in [1.29, 1.82) is 0 Å². The molecule has 0 spiro atoms. The van der Waals surface area contributed by atoms with Crippen molar-refractivity contribution in [2.45, 2.75) is 19.4 Å². The van der Waals surface area contributed by atoms with Crippen LogP contribution in [0.5, 0.6) is 0 Å². The minimum absolute atomic E-state index is 0.00463. The van der Waals surface area contributed by atoms with Crippen molar-refractivity contribution in [2.24, 2.45) is 5.10 Å². The van der Waals surface area contributed by atoms with Crippen molar-refractivity contribution in [3.05, 3.63) is 71.3 Å². The minimum atomic E-state index is -0.0485. The van der Waals surface area contributed by atoms with E-state index >= 15 is 0 Å². The molecule has 2 aromatic carbocycles. The second kappa shape index (κ2) is 5.29. The molecule has 0 aromatic heterocycles. The Bertz CT molecular complexity index is 632. The van der Waals surface area contributed by atoms with Gasteiger partial charge in [0.2, 0.25) is 0 Å². The van der Waals surface area contributed by atoms with Gasteiger partial charge in [0.25, 0.3) is 5.91 Å². The highest BCUT2D eigenvalue weighted by atomic mass is 16.2. The van der Waals surface area contributed by atoms with Crippen LogP contribution in [0.25, 0.3) is 0 Å². The lowest BCUT2D eigenvalue weighted by Gasteiger charge is -2.22. The summed E-state index contributed by atoms with van der Waals surface area (Å²) in [5, 5.41) is 5.83. The fraction of sp³-hybridized carbons (Fsp3) is 0.176. The van der Waals surface area contributed by atoms with Crippen molar-refractivity contribution >= 4 is 12.1 Å². The van der Waals surface area contributed by atoms with Crippen molar-refractivity contribution in [2.75, 3.05) is 0 Å². The van der Waals surface area contributed by atoms with Crippen LogP contribution in [0.15, 0.2) is 59.7 Å². The van der Waals surface area contributed by atoms with Crippen LogP contribution in [0.4, 0.5) is 0 Å².